The van der Waals surface area contributed by atoms with Crippen molar-refractivity contribution >= 4 is 39.6 Å². The van der Waals surface area contributed by atoms with Gasteiger partial charge in [-0.1, -0.05) is 47.5 Å². The number of rotatable bonds is 10. The highest BCUT2D eigenvalue weighted by Gasteiger charge is 2.05. The highest BCUT2D eigenvalue weighted by atomic mass is 31.1. The molecule has 0 bridgehead atoms. The molecule has 4 aromatic carbocycles. The minimum Gasteiger partial charge on any atom is -0.449 e. The van der Waals surface area contributed by atoms with Gasteiger partial charge in [-0.2, -0.15) is 0 Å². The number of hydrogen-bond donors (Lipinski definition) is 0. The van der Waals surface area contributed by atoms with E-state index in [4.69, 9.17) is 18.1 Å². The van der Waals surface area contributed by atoms with Gasteiger partial charge in [0.2, 0.25) is 18.1 Å². The van der Waals surface area contributed by atoms with Gasteiger partial charge >= 0.3 is 0 Å². The minimum absolute atomic E-state index is 0.0322. The fourth-order valence-corrected chi connectivity index (χ4v) is 4.87. The van der Waals surface area contributed by atoms with Crippen molar-refractivity contribution in [3.8, 4) is 11.5 Å². The second-order valence-electron chi connectivity index (χ2n) is 8.36. The van der Waals surface area contributed by atoms with Gasteiger partial charge in [0.25, 0.3) is 0 Å². The first-order chi connectivity index (χ1) is 16.0. The van der Waals surface area contributed by atoms with Crippen molar-refractivity contribution in [3.63, 3.8) is 0 Å². The van der Waals surface area contributed by atoms with Crippen molar-refractivity contribution in [1.82, 2.24) is 0 Å². The molecule has 0 aliphatic rings. The maximum absolute atomic E-state index is 5.86. The maximum Gasteiger partial charge on any atom is 0.215 e. The van der Waals surface area contributed by atoms with E-state index in [0.717, 1.165) is 29.0 Å². The average molecular weight is 480 g/mol. The fraction of sp³-hybridized carbons (Fsp3) is 0.259. The molecule has 4 rings (SSSR count). The largest absolute Gasteiger partial charge is 0.449 e. The summed E-state index contributed by atoms with van der Waals surface area (Å²) in [5.74, 6) is 1.74. The Morgan fingerprint density at radius 1 is 0.545 bits per heavy atom. The molecule has 4 aromatic rings. The van der Waals surface area contributed by atoms with Gasteiger partial charge in [0.1, 0.15) is 11.5 Å². The first kappa shape index (κ1) is 23.9. The molecular weight excluding hydrogens is 450 g/mol. The van der Waals surface area contributed by atoms with Crippen molar-refractivity contribution in [2.75, 3.05) is 13.2 Å². The predicted molar refractivity (Wildman–Crippen MR) is 141 cm³/mol. The molecule has 33 heavy (non-hydrogen) atoms. The Morgan fingerprint density at radius 3 is 1.45 bits per heavy atom. The van der Waals surface area contributed by atoms with Gasteiger partial charge in [-0.3, -0.25) is 0 Å². The molecule has 0 aliphatic heterocycles. The predicted octanol–water partition coefficient (Wildman–Crippen LogP) is 8.12. The van der Waals surface area contributed by atoms with Crippen LogP contribution in [0.4, 0.5) is 0 Å². The molecule has 172 valence electrons. The summed E-state index contributed by atoms with van der Waals surface area (Å²) in [5.41, 5.74) is 4.75. The molecule has 0 spiro atoms. The SMILES string of the molecule is Cc1ccc2cc(OPOCCCOPOc3cc4ccc(C)cc4cc3C)c(C)cc2c1. The molecule has 0 fully saturated rings. The number of hydrogen-bond acceptors (Lipinski definition) is 4. The van der Waals surface area contributed by atoms with Crippen LogP contribution in [-0.2, 0) is 9.05 Å². The van der Waals surface area contributed by atoms with Crippen molar-refractivity contribution in [3.05, 3.63) is 82.9 Å². The van der Waals surface area contributed by atoms with Crippen LogP contribution in [0.5, 0.6) is 11.5 Å². The Morgan fingerprint density at radius 2 is 1.00 bits per heavy atom. The summed E-state index contributed by atoms with van der Waals surface area (Å²) < 4.78 is 23.0. The average Bonchev–Trinajstić information content (AvgIpc) is 2.78. The molecule has 0 aliphatic carbocycles. The Labute approximate surface area is 199 Å². The van der Waals surface area contributed by atoms with E-state index in [2.05, 4.69) is 88.4 Å². The third-order valence-corrected chi connectivity index (χ3v) is 6.74. The first-order valence-corrected chi connectivity index (χ1v) is 12.7. The topological polar surface area (TPSA) is 36.9 Å². The smallest absolute Gasteiger partial charge is 0.215 e. The summed E-state index contributed by atoms with van der Waals surface area (Å²) in [6.07, 6.45) is 0.790. The molecule has 0 saturated carbocycles. The molecule has 4 nitrogen and oxygen atoms in total. The van der Waals surface area contributed by atoms with Crippen molar-refractivity contribution < 1.29 is 18.1 Å². The fourth-order valence-electron chi connectivity index (χ4n) is 3.68. The second-order valence-corrected chi connectivity index (χ2v) is 9.68. The van der Waals surface area contributed by atoms with E-state index >= 15 is 0 Å². The van der Waals surface area contributed by atoms with Gasteiger partial charge in [-0.15, -0.1) is 0 Å². The highest BCUT2D eigenvalue weighted by Crippen LogP contribution is 2.32. The molecular formula is C27H30O4P2. The van der Waals surface area contributed by atoms with E-state index in [0.29, 0.717) is 13.2 Å². The van der Waals surface area contributed by atoms with E-state index in [1.54, 1.807) is 0 Å². The van der Waals surface area contributed by atoms with E-state index < -0.39 is 0 Å². The van der Waals surface area contributed by atoms with Gasteiger partial charge in [0.05, 0.1) is 13.2 Å². The number of fused-ring (bicyclic) bond motifs is 2. The van der Waals surface area contributed by atoms with Gasteiger partial charge in [0.15, 0.2) is 0 Å². The second kappa shape index (κ2) is 11.3. The van der Waals surface area contributed by atoms with Gasteiger partial charge in [-0.25, -0.2) is 0 Å². The minimum atomic E-state index is -0.0322. The van der Waals surface area contributed by atoms with Crippen LogP contribution in [0, 0.1) is 27.7 Å². The zero-order valence-electron chi connectivity index (χ0n) is 19.5. The lowest BCUT2D eigenvalue weighted by Gasteiger charge is -2.11. The monoisotopic (exact) mass is 480 g/mol. The van der Waals surface area contributed by atoms with Gasteiger partial charge < -0.3 is 18.1 Å². The molecule has 0 radical (unpaired) electrons. The Balaban J connectivity index is 1.14. The van der Waals surface area contributed by atoms with Crippen molar-refractivity contribution in [1.29, 1.82) is 0 Å². The molecule has 0 aromatic heterocycles. The molecule has 0 heterocycles. The van der Waals surface area contributed by atoms with E-state index in [-0.39, 0.29) is 18.1 Å². The van der Waals surface area contributed by atoms with E-state index in [9.17, 15) is 0 Å². The zero-order chi connectivity index (χ0) is 23.2. The van der Waals surface area contributed by atoms with Crippen LogP contribution in [0.15, 0.2) is 60.7 Å². The van der Waals surface area contributed by atoms with Crippen LogP contribution in [0.1, 0.15) is 28.7 Å². The van der Waals surface area contributed by atoms with E-state index in [1.165, 1.54) is 32.7 Å². The third-order valence-electron chi connectivity index (χ3n) is 5.49. The molecule has 2 atom stereocenters. The summed E-state index contributed by atoms with van der Waals surface area (Å²) in [6, 6.07) is 21.4. The summed E-state index contributed by atoms with van der Waals surface area (Å²) in [7, 11) is -0.0644. The maximum atomic E-state index is 5.86. The quantitative estimate of drug-likeness (QED) is 0.170. The highest BCUT2D eigenvalue weighted by molar-refractivity contribution is 7.27. The van der Waals surface area contributed by atoms with Crippen molar-refractivity contribution in [2.45, 2.75) is 34.1 Å². The van der Waals surface area contributed by atoms with Gasteiger partial charge in [0, 0.05) is 0 Å². The van der Waals surface area contributed by atoms with Crippen LogP contribution in [0.25, 0.3) is 21.5 Å². The normalized spacial score (nSPS) is 12.0. The molecule has 2 unspecified atom stereocenters. The lowest BCUT2D eigenvalue weighted by atomic mass is 10.0. The molecule has 0 N–H and O–H groups in total. The molecule has 6 heteroatoms. The van der Waals surface area contributed by atoms with E-state index in [1.807, 2.05) is 0 Å². The van der Waals surface area contributed by atoms with Crippen LogP contribution in [-0.4, -0.2) is 13.2 Å². The number of benzene rings is 4. The van der Waals surface area contributed by atoms with Crippen LogP contribution >= 0.6 is 18.1 Å². The summed E-state index contributed by atoms with van der Waals surface area (Å²) in [4.78, 5) is 0. The Hall–Kier alpha value is -2.22. The van der Waals surface area contributed by atoms with Crippen LogP contribution in [0.3, 0.4) is 0 Å². The summed E-state index contributed by atoms with van der Waals surface area (Å²) in [5, 5.41) is 4.82. The Kier molecular flexibility index (Phi) is 8.17. The number of aryl methyl sites for hydroxylation is 4. The third kappa shape index (κ3) is 6.43. The van der Waals surface area contributed by atoms with Gasteiger partial charge in [-0.05, 0) is 91.1 Å². The lowest BCUT2D eigenvalue weighted by Crippen LogP contribution is -1.95. The summed E-state index contributed by atoms with van der Waals surface area (Å²) in [6.45, 7) is 9.52. The van der Waals surface area contributed by atoms with Crippen molar-refractivity contribution in [2.24, 2.45) is 0 Å². The first-order valence-electron chi connectivity index (χ1n) is 11.1. The lowest BCUT2D eigenvalue weighted by molar-refractivity contribution is 0.261. The van der Waals surface area contributed by atoms with Crippen LogP contribution in [0.2, 0.25) is 0 Å². The molecule has 0 saturated heterocycles. The van der Waals surface area contributed by atoms with Crippen LogP contribution < -0.4 is 9.05 Å². The molecule has 0 amide bonds. The summed E-state index contributed by atoms with van der Waals surface area (Å²) >= 11 is 0. The zero-order valence-corrected chi connectivity index (χ0v) is 21.5. The standard InChI is InChI=1S/C27H30O4P2/c1-18-6-8-22-16-26(20(3)14-24(22)12-18)30-32-28-10-5-11-29-33-31-27-17-23-9-7-19(2)13-25(23)15-21(27)4/h6-9,12-17,32-33H,5,10-11H2,1-4H3. The Bertz CT molecular complexity index is 1160.